The molecule has 0 N–H and O–H groups in total. The van der Waals surface area contributed by atoms with Gasteiger partial charge in [0.2, 0.25) is 0 Å². The van der Waals surface area contributed by atoms with Crippen molar-refractivity contribution in [1.29, 1.82) is 0 Å². The molecule has 0 amide bonds. The summed E-state index contributed by atoms with van der Waals surface area (Å²) in [5.74, 6) is -0.874. The molecule has 0 unspecified atom stereocenters. The molecule has 0 fully saturated rings. The third kappa shape index (κ3) is 25.7. The zero-order chi connectivity index (χ0) is 19.6. The summed E-state index contributed by atoms with van der Waals surface area (Å²) >= 11 is 0. The van der Waals surface area contributed by atoms with Crippen LogP contribution in [0.15, 0.2) is 28.8 Å². The van der Waals surface area contributed by atoms with Crippen LogP contribution in [-0.4, -0.2) is 25.2 Å². The summed E-state index contributed by atoms with van der Waals surface area (Å²) in [5.41, 5.74) is -0.641. The van der Waals surface area contributed by atoms with Gasteiger partial charge in [-0.05, 0) is 13.0 Å². The SMILES string of the molecule is CC.CC.CC(C)C(=O)C=C(F)F.CN=C/C=C(\C)C(F)(F)F. The number of carbonyl (C=O) groups excluding carboxylic acids is 1. The first-order valence-electron chi connectivity index (χ1n) is 7.25. The molecule has 0 aromatic rings. The van der Waals surface area contributed by atoms with Crippen LogP contribution in [0.25, 0.3) is 0 Å². The van der Waals surface area contributed by atoms with Gasteiger partial charge in [0.25, 0.3) is 6.08 Å². The molecule has 0 spiro atoms. The minimum absolute atomic E-state index is 0.341. The fraction of sp³-hybridized carbons (Fsp3) is 0.625. The van der Waals surface area contributed by atoms with Gasteiger partial charge in [0.05, 0.1) is 0 Å². The number of allylic oxidation sites excluding steroid dienone is 3. The van der Waals surface area contributed by atoms with E-state index in [9.17, 15) is 26.7 Å². The van der Waals surface area contributed by atoms with Gasteiger partial charge in [0, 0.05) is 30.8 Å². The Morgan fingerprint density at radius 3 is 1.61 bits per heavy atom. The third-order valence-corrected chi connectivity index (χ3v) is 1.74. The van der Waals surface area contributed by atoms with Crippen LogP contribution in [0.1, 0.15) is 48.5 Å². The van der Waals surface area contributed by atoms with Crippen molar-refractivity contribution in [1.82, 2.24) is 0 Å². The number of rotatable bonds is 3. The molecule has 0 aliphatic heterocycles. The molecule has 0 atom stereocenters. The lowest BCUT2D eigenvalue weighted by Crippen LogP contribution is -2.08. The Morgan fingerprint density at radius 2 is 1.43 bits per heavy atom. The Bertz CT molecular complexity index is 365. The summed E-state index contributed by atoms with van der Waals surface area (Å²) in [4.78, 5) is 13.8. The maximum atomic E-state index is 11.6. The zero-order valence-electron chi connectivity index (χ0n) is 15.1. The molecule has 23 heavy (non-hydrogen) atoms. The van der Waals surface area contributed by atoms with Crippen molar-refractivity contribution in [2.24, 2.45) is 10.9 Å². The van der Waals surface area contributed by atoms with Crippen LogP contribution in [0.3, 0.4) is 0 Å². The Balaban J connectivity index is -0.000000129. The summed E-state index contributed by atoms with van der Waals surface area (Å²) in [5, 5.41) is 0. The van der Waals surface area contributed by atoms with Crippen molar-refractivity contribution >= 4 is 12.0 Å². The summed E-state index contributed by atoms with van der Waals surface area (Å²) in [6, 6.07) is 0. The summed E-state index contributed by atoms with van der Waals surface area (Å²) in [6.45, 7) is 12.1. The van der Waals surface area contributed by atoms with Gasteiger partial charge in [-0.25, -0.2) is 0 Å². The normalized spacial score (nSPS) is 10.6. The molecular weight excluding hydrogens is 317 g/mol. The van der Waals surface area contributed by atoms with Crippen molar-refractivity contribution in [3.8, 4) is 0 Å². The molecule has 0 aromatic carbocycles. The number of aliphatic imine (C=N–C) groups is 1. The van der Waals surface area contributed by atoms with Gasteiger partial charge in [-0.2, -0.15) is 22.0 Å². The average molecular weight is 345 g/mol. The number of ketones is 1. The molecule has 0 rings (SSSR count). The number of nitrogens with zero attached hydrogens (tertiary/aromatic N) is 1. The van der Waals surface area contributed by atoms with Crippen LogP contribution in [0.4, 0.5) is 22.0 Å². The molecule has 0 bridgehead atoms. The van der Waals surface area contributed by atoms with Crippen LogP contribution < -0.4 is 0 Å². The highest BCUT2D eigenvalue weighted by molar-refractivity contribution is 5.91. The van der Waals surface area contributed by atoms with Gasteiger partial charge < -0.3 is 0 Å². The molecule has 2 nitrogen and oxygen atoms in total. The highest BCUT2D eigenvalue weighted by Gasteiger charge is 2.29. The predicted octanol–water partition coefficient (Wildman–Crippen LogP) is 6.24. The molecule has 138 valence electrons. The van der Waals surface area contributed by atoms with Crippen molar-refractivity contribution in [2.75, 3.05) is 7.05 Å². The predicted molar refractivity (Wildman–Crippen MR) is 87.1 cm³/mol. The molecule has 0 heterocycles. The summed E-state index contributed by atoms with van der Waals surface area (Å²) in [6.07, 6.45) is -3.75. The van der Waals surface area contributed by atoms with Gasteiger partial charge in [0.1, 0.15) is 0 Å². The molecule has 0 aromatic heterocycles. The number of carbonyl (C=O) groups is 1. The first-order valence-corrected chi connectivity index (χ1v) is 7.25. The van der Waals surface area contributed by atoms with Crippen molar-refractivity contribution < 1.29 is 26.7 Å². The second kappa shape index (κ2) is 18.5. The smallest absolute Gasteiger partial charge is 0.297 e. The van der Waals surface area contributed by atoms with Gasteiger partial charge in [-0.1, -0.05) is 41.5 Å². The van der Waals surface area contributed by atoms with Crippen LogP contribution in [0, 0.1) is 5.92 Å². The second-order valence-electron chi connectivity index (χ2n) is 3.75. The van der Waals surface area contributed by atoms with Crippen LogP contribution in [0.2, 0.25) is 0 Å². The maximum absolute atomic E-state index is 11.6. The Hall–Kier alpha value is -1.53. The first-order chi connectivity index (χ1) is 10.5. The Morgan fingerprint density at radius 1 is 1.04 bits per heavy atom. The molecule has 0 aliphatic rings. The molecule has 0 saturated carbocycles. The fourth-order valence-electron chi connectivity index (χ4n) is 0.555. The maximum Gasteiger partial charge on any atom is 0.412 e. The van der Waals surface area contributed by atoms with Gasteiger partial charge >= 0.3 is 6.18 Å². The highest BCUT2D eigenvalue weighted by atomic mass is 19.4. The van der Waals surface area contributed by atoms with E-state index in [0.717, 1.165) is 19.2 Å². The van der Waals surface area contributed by atoms with Crippen LogP contribution in [-0.2, 0) is 4.79 Å². The average Bonchev–Trinajstić information content (AvgIpc) is 2.47. The lowest BCUT2D eigenvalue weighted by molar-refractivity contribution is -0.117. The van der Waals surface area contributed by atoms with E-state index in [2.05, 4.69) is 4.99 Å². The third-order valence-electron chi connectivity index (χ3n) is 1.74. The quantitative estimate of drug-likeness (QED) is 0.338. The number of hydrogen-bond donors (Lipinski definition) is 0. The van der Waals surface area contributed by atoms with Gasteiger partial charge in [-0.3, -0.25) is 9.79 Å². The van der Waals surface area contributed by atoms with E-state index in [1.54, 1.807) is 13.8 Å². The first kappa shape index (κ1) is 29.5. The molecule has 7 heteroatoms. The minimum Gasteiger partial charge on any atom is -0.297 e. The minimum atomic E-state index is -4.22. The standard InChI is InChI=1S/C6H8F3N.C6H8F2O.2C2H6/c1-5(3-4-10-2)6(7,8)9;1-4(2)5(9)3-6(7)8;2*1-2/h3-4H,1-2H3;3-4H,1-2H3;2*1-2H3/b5-3+,10-4?;;;. The second-order valence-corrected chi connectivity index (χ2v) is 3.75. The van der Waals surface area contributed by atoms with E-state index in [1.807, 2.05) is 27.7 Å². The van der Waals surface area contributed by atoms with E-state index in [0.29, 0.717) is 6.08 Å². The van der Waals surface area contributed by atoms with Gasteiger partial charge in [-0.15, -0.1) is 0 Å². The summed E-state index contributed by atoms with van der Waals surface area (Å²) in [7, 11) is 1.42. The monoisotopic (exact) mass is 345 g/mol. The fourth-order valence-corrected chi connectivity index (χ4v) is 0.555. The van der Waals surface area contributed by atoms with E-state index in [-0.39, 0.29) is 5.92 Å². The van der Waals surface area contributed by atoms with E-state index in [4.69, 9.17) is 0 Å². The molecule has 0 saturated heterocycles. The van der Waals surface area contributed by atoms with Crippen molar-refractivity contribution in [3.05, 3.63) is 23.8 Å². The van der Waals surface area contributed by atoms with E-state index >= 15 is 0 Å². The van der Waals surface area contributed by atoms with Crippen molar-refractivity contribution in [3.63, 3.8) is 0 Å². The Kier molecular flexibility index (Phi) is 23.7. The summed E-state index contributed by atoms with van der Waals surface area (Å²) < 4.78 is 57.5. The van der Waals surface area contributed by atoms with Crippen molar-refractivity contribution in [2.45, 2.75) is 54.6 Å². The number of halogens is 5. The lowest BCUT2D eigenvalue weighted by Gasteiger charge is -2.03. The topological polar surface area (TPSA) is 29.4 Å². The molecular formula is C16H28F5NO. The largest absolute Gasteiger partial charge is 0.412 e. The van der Waals surface area contributed by atoms with Gasteiger partial charge in [0.15, 0.2) is 5.78 Å². The van der Waals surface area contributed by atoms with E-state index < -0.39 is 23.6 Å². The Labute approximate surface area is 136 Å². The number of alkyl halides is 3. The highest BCUT2D eigenvalue weighted by Crippen LogP contribution is 2.23. The van der Waals surface area contributed by atoms with Crippen LogP contribution >= 0.6 is 0 Å². The molecule has 0 radical (unpaired) electrons. The number of hydrogen-bond acceptors (Lipinski definition) is 2. The zero-order valence-corrected chi connectivity index (χ0v) is 15.1. The van der Waals surface area contributed by atoms with Crippen LogP contribution in [0.5, 0.6) is 0 Å². The lowest BCUT2D eigenvalue weighted by atomic mass is 10.1. The molecule has 0 aliphatic carbocycles. The van der Waals surface area contributed by atoms with E-state index in [1.165, 1.54) is 7.05 Å².